The van der Waals surface area contributed by atoms with E-state index in [1.807, 2.05) is 0 Å². The molecule has 1 aliphatic rings. The van der Waals surface area contributed by atoms with Crippen LogP contribution in [0.3, 0.4) is 0 Å². The minimum absolute atomic E-state index is 0.381. The molecule has 108 valence electrons. The van der Waals surface area contributed by atoms with E-state index in [2.05, 4.69) is 5.32 Å². The minimum Gasteiger partial charge on any atom is -0.480 e. The molecular formula is C11H19N3O5. The largest absolute Gasteiger partial charge is 0.480 e. The standard InChI is InChI=1S/C11H19N3O5/c1-6(11(18)19)13-9(16)8-3-2-4-14(8)10(17)7(12)5-15/h6-8,15H,2-5,12H2,1H3,(H,13,16)(H,18,19). The van der Waals surface area contributed by atoms with Gasteiger partial charge in [0.1, 0.15) is 18.1 Å². The molecule has 8 nitrogen and oxygen atoms in total. The van der Waals surface area contributed by atoms with Crippen LogP contribution >= 0.6 is 0 Å². The van der Waals surface area contributed by atoms with E-state index in [1.165, 1.54) is 11.8 Å². The molecule has 1 heterocycles. The number of hydrogen-bond acceptors (Lipinski definition) is 5. The number of amides is 2. The van der Waals surface area contributed by atoms with Crippen LogP contribution in [-0.2, 0) is 14.4 Å². The number of nitrogens with one attached hydrogen (secondary N) is 1. The van der Waals surface area contributed by atoms with Gasteiger partial charge in [-0.3, -0.25) is 14.4 Å². The fourth-order valence-corrected chi connectivity index (χ4v) is 1.97. The summed E-state index contributed by atoms with van der Waals surface area (Å²) in [6, 6.07) is -2.78. The van der Waals surface area contributed by atoms with E-state index in [9.17, 15) is 14.4 Å². The van der Waals surface area contributed by atoms with E-state index >= 15 is 0 Å². The second kappa shape index (κ2) is 6.48. The van der Waals surface area contributed by atoms with Crippen molar-refractivity contribution in [3.63, 3.8) is 0 Å². The summed E-state index contributed by atoms with van der Waals surface area (Å²) in [5, 5.41) is 19.9. The summed E-state index contributed by atoms with van der Waals surface area (Å²) in [6.45, 7) is 1.24. The van der Waals surface area contributed by atoms with Gasteiger partial charge in [-0.2, -0.15) is 0 Å². The zero-order chi connectivity index (χ0) is 14.6. The second-order valence-electron chi connectivity index (χ2n) is 4.55. The smallest absolute Gasteiger partial charge is 0.325 e. The first-order valence-corrected chi connectivity index (χ1v) is 6.08. The van der Waals surface area contributed by atoms with Gasteiger partial charge in [0, 0.05) is 6.54 Å². The fourth-order valence-electron chi connectivity index (χ4n) is 1.97. The number of aliphatic hydroxyl groups is 1. The van der Waals surface area contributed by atoms with Gasteiger partial charge in [0.05, 0.1) is 6.61 Å². The van der Waals surface area contributed by atoms with Crippen LogP contribution in [0.1, 0.15) is 19.8 Å². The fraction of sp³-hybridized carbons (Fsp3) is 0.727. The van der Waals surface area contributed by atoms with Crippen molar-refractivity contribution in [2.45, 2.75) is 37.9 Å². The maximum atomic E-state index is 11.9. The van der Waals surface area contributed by atoms with Crippen LogP contribution in [0, 0.1) is 0 Å². The number of carboxylic acid groups (broad SMARTS) is 1. The van der Waals surface area contributed by atoms with Crippen LogP contribution in [-0.4, -0.2) is 64.2 Å². The Morgan fingerprint density at radius 2 is 2.11 bits per heavy atom. The quantitative estimate of drug-likeness (QED) is 0.453. The Morgan fingerprint density at radius 3 is 2.63 bits per heavy atom. The van der Waals surface area contributed by atoms with E-state index in [4.69, 9.17) is 15.9 Å². The van der Waals surface area contributed by atoms with E-state index in [0.717, 1.165) is 0 Å². The van der Waals surface area contributed by atoms with Gasteiger partial charge in [-0.05, 0) is 19.8 Å². The molecule has 0 aromatic carbocycles. The number of nitrogens with two attached hydrogens (primary N) is 1. The van der Waals surface area contributed by atoms with Gasteiger partial charge in [0.15, 0.2) is 0 Å². The molecule has 0 aliphatic carbocycles. The third-order valence-corrected chi connectivity index (χ3v) is 3.08. The molecule has 3 unspecified atom stereocenters. The van der Waals surface area contributed by atoms with E-state index in [0.29, 0.717) is 19.4 Å². The number of nitrogens with zero attached hydrogens (tertiary/aromatic N) is 1. The molecule has 1 saturated heterocycles. The zero-order valence-electron chi connectivity index (χ0n) is 10.7. The van der Waals surface area contributed by atoms with Gasteiger partial charge < -0.3 is 26.2 Å². The van der Waals surface area contributed by atoms with Gasteiger partial charge in [0.2, 0.25) is 11.8 Å². The third-order valence-electron chi connectivity index (χ3n) is 3.08. The van der Waals surface area contributed by atoms with Crippen molar-refractivity contribution < 1.29 is 24.6 Å². The van der Waals surface area contributed by atoms with Gasteiger partial charge in [-0.1, -0.05) is 0 Å². The van der Waals surface area contributed by atoms with Crippen LogP contribution in [0.15, 0.2) is 0 Å². The molecule has 2 amide bonds. The number of hydrogen-bond donors (Lipinski definition) is 4. The first-order chi connectivity index (χ1) is 8.88. The predicted molar refractivity (Wildman–Crippen MR) is 65.0 cm³/mol. The van der Waals surface area contributed by atoms with Crippen LogP contribution < -0.4 is 11.1 Å². The van der Waals surface area contributed by atoms with Gasteiger partial charge in [-0.25, -0.2) is 0 Å². The lowest BCUT2D eigenvalue weighted by atomic mass is 10.1. The van der Waals surface area contributed by atoms with Crippen molar-refractivity contribution in [1.82, 2.24) is 10.2 Å². The average molecular weight is 273 g/mol. The molecule has 1 rings (SSSR count). The van der Waals surface area contributed by atoms with Crippen LogP contribution in [0.4, 0.5) is 0 Å². The predicted octanol–water partition coefficient (Wildman–Crippen LogP) is -2.11. The van der Waals surface area contributed by atoms with Crippen molar-refractivity contribution in [3.05, 3.63) is 0 Å². The highest BCUT2D eigenvalue weighted by molar-refractivity contribution is 5.92. The SMILES string of the molecule is CC(NC(=O)C1CCCN1C(=O)C(N)CO)C(=O)O. The topological polar surface area (TPSA) is 133 Å². The Bertz CT molecular complexity index is 373. The highest BCUT2D eigenvalue weighted by Crippen LogP contribution is 2.18. The number of aliphatic carboxylic acids is 1. The summed E-state index contributed by atoms with van der Waals surface area (Å²) in [5.74, 6) is -2.15. The monoisotopic (exact) mass is 273 g/mol. The number of rotatable bonds is 5. The highest BCUT2D eigenvalue weighted by Gasteiger charge is 2.36. The first-order valence-electron chi connectivity index (χ1n) is 6.08. The molecule has 0 aromatic rings. The molecular weight excluding hydrogens is 254 g/mol. The van der Waals surface area contributed by atoms with E-state index < -0.39 is 42.5 Å². The lowest BCUT2D eigenvalue weighted by Gasteiger charge is -2.26. The van der Waals surface area contributed by atoms with E-state index in [1.54, 1.807) is 0 Å². The molecule has 0 aromatic heterocycles. The van der Waals surface area contributed by atoms with Gasteiger partial charge in [0.25, 0.3) is 0 Å². The molecule has 1 aliphatic heterocycles. The lowest BCUT2D eigenvalue weighted by molar-refractivity contribution is -0.143. The summed E-state index contributed by atoms with van der Waals surface area (Å²) < 4.78 is 0. The van der Waals surface area contributed by atoms with Crippen LogP contribution in [0.25, 0.3) is 0 Å². The molecule has 8 heteroatoms. The van der Waals surface area contributed by atoms with Crippen molar-refractivity contribution in [2.75, 3.05) is 13.2 Å². The molecule has 1 fully saturated rings. The number of aliphatic hydroxyl groups excluding tert-OH is 1. The maximum Gasteiger partial charge on any atom is 0.325 e. The summed E-state index contributed by atoms with van der Waals surface area (Å²) >= 11 is 0. The molecule has 3 atom stereocenters. The summed E-state index contributed by atoms with van der Waals surface area (Å²) in [4.78, 5) is 35.7. The van der Waals surface area contributed by atoms with Crippen molar-refractivity contribution in [2.24, 2.45) is 5.73 Å². The Kier molecular flexibility index (Phi) is 5.25. The molecule has 19 heavy (non-hydrogen) atoms. The van der Waals surface area contributed by atoms with Crippen LogP contribution in [0.5, 0.6) is 0 Å². The second-order valence-corrected chi connectivity index (χ2v) is 4.55. The summed E-state index contributed by atoms with van der Waals surface area (Å²) in [7, 11) is 0. The van der Waals surface area contributed by atoms with Crippen molar-refractivity contribution in [3.8, 4) is 0 Å². The molecule has 0 spiro atoms. The average Bonchev–Trinajstić information content (AvgIpc) is 2.85. The maximum absolute atomic E-state index is 11.9. The van der Waals surface area contributed by atoms with Crippen molar-refractivity contribution >= 4 is 17.8 Å². The number of carbonyl (C=O) groups is 3. The Balaban J connectivity index is 2.68. The summed E-state index contributed by atoms with van der Waals surface area (Å²) in [6.07, 6.45) is 1.10. The Hall–Kier alpha value is -1.67. The molecule has 5 N–H and O–H groups in total. The van der Waals surface area contributed by atoms with E-state index in [-0.39, 0.29) is 0 Å². The first kappa shape index (κ1) is 15.4. The van der Waals surface area contributed by atoms with Crippen molar-refractivity contribution in [1.29, 1.82) is 0 Å². The lowest BCUT2D eigenvalue weighted by Crippen LogP contribution is -2.54. The molecule has 0 saturated carbocycles. The Labute approximate surface area is 110 Å². The highest BCUT2D eigenvalue weighted by atomic mass is 16.4. The normalized spacial score (nSPS) is 21.8. The van der Waals surface area contributed by atoms with Gasteiger partial charge in [-0.15, -0.1) is 0 Å². The van der Waals surface area contributed by atoms with Gasteiger partial charge >= 0.3 is 5.97 Å². The number of carbonyl (C=O) groups excluding carboxylic acids is 2. The summed E-state index contributed by atoms with van der Waals surface area (Å²) in [5.41, 5.74) is 5.44. The number of carboxylic acids is 1. The molecule has 0 radical (unpaired) electrons. The zero-order valence-corrected chi connectivity index (χ0v) is 10.7. The number of likely N-dealkylation sites (tertiary alicyclic amines) is 1. The molecule has 0 bridgehead atoms. The van der Waals surface area contributed by atoms with Crippen LogP contribution in [0.2, 0.25) is 0 Å². The third kappa shape index (κ3) is 3.65. The Morgan fingerprint density at radius 1 is 1.47 bits per heavy atom. The minimum atomic E-state index is -1.14.